The van der Waals surface area contributed by atoms with E-state index < -0.39 is 0 Å². The Bertz CT molecular complexity index is 361. The van der Waals surface area contributed by atoms with Gasteiger partial charge < -0.3 is 10.6 Å². The summed E-state index contributed by atoms with van der Waals surface area (Å²) >= 11 is 0. The average Bonchev–Trinajstić information content (AvgIpc) is 2.44. The Morgan fingerprint density at radius 1 is 1.50 bits per heavy atom. The lowest BCUT2D eigenvalue weighted by molar-refractivity contribution is 0.325. The van der Waals surface area contributed by atoms with Gasteiger partial charge in [-0.2, -0.15) is 5.10 Å². The fourth-order valence-electron chi connectivity index (χ4n) is 2.55. The summed E-state index contributed by atoms with van der Waals surface area (Å²) in [5.74, 6) is 1.08. The molecule has 1 aliphatic rings. The average molecular weight is 222 g/mol. The number of piperidine rings is 1. The van der Waals surface area contributed by atoms with Crippen LogP contribution >= 0.6 is 0 Å². The lowest BCUT2D eigenvalue weighted by atomic mass is 9.87. The molecule has 0 amide bonds. The zero-order valence-corrected chi connectivity index (χ0v) is 10.7. The van der Waals surface area contributed by atoms with Gasteiger partial charge in [-0.25, -0.2) is 0 Å². The second kappa shape index (κ2) is 3.77. The molecule has 0 aromatic carbocycles. The molecule has 1 aliphatic heterocycles. The molecule has 1 aromatic heterocycles. The number of aryl methyl sites for hydroxylation is 2. The van der Waals surface area contributed by atoms with Crippen LogP contribution in [0.3, 0.4) is 0 Å². The fourth-order valence-corrected chi connectivity index (χ4v) is 2.55. The van der Waals surface area contributed by atoms with Gasteiger partial charge in [0, 0.05) is 36.9 Å². The number of hydrogen-bond donors (Lipinski definition) is 1. The second-order valence-corrected chi connectivity index (χ2v) is 5.48. The van der Waals surface area contributed by atoms with E-state index in [1.807, 2.05) is 11.7 Å². The number of anilines is 1. The van der Waals surface area contributed by atoms with Gasteiger partial charge >= 0.3 is 0 Å². The third-order valence-corrected chi connectivity index (χ3v) is 3.59. The zero-order chi connectivity index (χ0) is 11.9. The van der Waals surface area contributed by atoms with Crippen LogP contribution in [0.15, 0.2) is 6.07 Å². The van der Waals surface area contributed by atoms with Crippen LogP contribution in [0.5, 0.6) is 0 Å². The molecule has 0 spiro atoms. The number of aromatic nitrogens is 2. The molecule has 2 heterocycles. The van der Waals surface area contributed by atoms with Crippen LogP contribution in [0.25, 0.3) is 0 Å². The van der Waals surface area contributed by atoms with Crippen molar-refractivity contribution < 1.29 is 0 Å². The van der Waals surface area contributed by atoms with Crippen LogP contribution in [-0.4, -0.2) is 27.9 Å². The normalized spacial score (nSPS) is 24.8. The highest BCUT2D eigenvalue weighted by molar-refractivity contribution is 5.43. The summed E-state index contributed by atoms with van der Waals surface area (Å²) in [6.07, 6.45) is 2.08. The summed E-state index contributed by atoms with van der Waals surface area (Å²) in [5, 5.41) is 4.56. The first-order chi connectivity index (χ1) is 7.40. The van der Waals surface area contributed by atoms with Gasteiger partial charge in [-0.3, -0.25) is 4.68 Å². The maximum Gasteiger partial charge on any atom is 0.151 e. The van der Waals surface area contributed by atoms with Gasteiger partial charge in [0.2, 0.25) is 0 Å². The largest absolute Gasteiger partial charge is 0.350 e. The van der Waals surface area contributed by atoms with E-state index in [2.05, 4.69) is 36.8 Å². The monoisotopic (exact) mass is 222 g/mol. The van der Waals surface area contributed by atoms with E-state index in [0.717, 1.165) is 25.2 Å². The topological polar surface area (TPSA) is 47.1 Å². The Balaban J connectivity index is 2.26. The lowest BCUT2D eigenvalue weighted by Gasteiger charge is -2.45. The van der Waals surface area contributed by atoms with Crippen LogP contribution in [0.2, 0.25) is 0 Å². The number of rotatable bonds is 1. The van der Waals surface area contributed by atoms with Gasteiger partial charge in [-0.1, -0.05) is 0 Å². The molecule has 1 atom stereocenters. The van der Waals surface area contributed by atoms with Gasteiger partial charge in [-0.15, -0.1) is 0 Å². The molecular formula is C12H22N4. The highest BCUT2D eigenvalue weighted by Gasteiger charge is 2.34. The summed E-state index contributed by atoms with van der Waals surface area (Å²) in [5.41, 5.74) is 7.34. The molecule has 1 fully saturated rings. The van der Waals surface area contributed by atoms with E-state index in [-0.39, 0.29) is 5.54 Å². The van der Waals surface area contributed by atoms with E-state index in [0.29, 0.717) is 6.04 Å². The number of nitrogens with zero attached hydrogens (tertiary/aromatic N) is 3. The maximum absolute atomic E-state index is 6.03. The molecule has 4 nitrogen and oxygen atoms in total. The highest BCUT2D eigenvalue weighted by atomic mass is 15.4. The number of hydrogen-bond acceptors (Lipinski definition) is 3. The van der Waals surface area contributed by atoms with Crippen LogP contribution < -0.4 is 10.6 Å². The molecule has 90 valence electrons. The summed E-state index contributed by atoms with van der Waals surface area (Å²) in [7, 11) is 1.99. The molecule has 2 rings (SSSR count). The second-order valence-electron chi connectivity index (χ2n) is 5.48. The molecule has 0 saturated carbocycles. The Labute approximate surface area is 97.4 Å². The van der Waals surface area contributed by atoms with Gasteiger partial charge in [-0.05, 0) is 33.6 Å². The zero-order valence-electron chi connectivity index (χ0n) is 10.7. The smallest absolute Gasteiger partial charge is 0.151 e. The van der Waals surface area contributed by atoms with Crippen LogP contribution in [-0.2, 0) is 7.05 Å². The quantitative estimate of drug-likeness (QED) is 0.782. The van der Waals surface area contributed by atoms with Crippen molar-refractivity contribution in [2.45, 2.75) is 45.2 Å². The molecule has 0 aliphatic carbocycles. The molecule has 0 radical (unpaired) electrons. The number of nitrogens with two attached hydrogens (primary N) is 1. The highest BCUT2D eigenvalue weighted by Crippen LogP contribution is 2.31. The van der Waals surface area contributed by atoms with E-state index >= 15 is 0 Å². The van der Waals surface area contributed by atoms with Crippen molar-refractivity contribution in [1.82, 2.24) is 9.78 Å². The first-order valence-electron chi connectivity index (χ1n) is 5.94. The first kappa shape index (κ1) is 11.5. The third-order valence-electron chi connectivity index (χ3n) is 3.59. The van der Waals surface area contributed by atoms with Crippen molar-refractivity contribution in [3.8, 4) is 0 Å². The van der Waals surface area contributed by atoms with Gasteiger partial charge in [0.1, 0.15) is 0 Å². The van der Waals surface area contributed by atoms with E-state index in [1.54, 1.807) is 0 Å². The predicted molar refractivity (Wildman–Crippen MR) is 66.6 cm³/mol. The Morgan fingerprint density at radius 2 is 2.19 bits per heavy atom. The molecule has 0 bridgehead atoms. The van der Waals surface area contributed by atoms with Gasteiger partial charge in [0.05, 0.1) is 0 Å². The molecular weight excluding hydrogens is 200 g/mol. The summed E-state index contributed by atoms with van der Waals surface area (Å²) < 4.78 is 1.93. The van der Waals surface area contributed by atoms with Crippen molar-refractivity contribution in [3.05, 3.63) is 11.8 Å². The minimum Gasteiger partial charge on any atom is -0.350 e. The van der Waals surface area contributed by atoms with Crippen molar-refractivity contribution in [1.29, 1.82) is 0 Å². The molecule has 2 N–H and O–H groups in total. The Hall–Kier alpha value is -1.03. The Morgan fingerprint density at radius 3 is 2.69 bits per heavy atom. The first-order valence-corrected chi connectivity index (χ1v) is 5.94. The summed E-state index contributed by atoms with van der Waals surface area (Å²) in [6.45, 7) is 7.58. The molecule has 16 heavy (non-hydrogen) atoms. The van der Waals surface area contributed by atoms with Crippen LogP contribution in [0.1, 0.15) is 32.4 Å². The molecule has 1 aromatic rings. The standard InChI is InChI=1S/C12H22N4/c1-9-7-11(14-15(9)4)16-6-5-10(13)8-12(16,2)3/h7,10H,5-6,8,13H2,1-4H3. The van der Waals surface area contributed by atoms with Gasteiger partial charge in [0.25, 0.3) is 0 Å². The van der Waals surface area contributed by atoms with Crippen molar-refractivity contribution in [2.75, 3.05) is 11.4 Å². The summed E-state index contributed by atoms with van der Waals surface area (Å²) in [4.78, 5) is 2.38. The van der Waals surface area contributed by atoms with Crippen LogP contribution in [0.4, 0.5) is 5.82 Å². The van der Waals surface area contributed by atoms with E-state index in [4.69, 9.17) is 5.73 Å². The summed E-state index contributed by atoms with van der Waals surface area (Å²) in [6, 6.07) is 2.48. The predicted octanol–water partition coefficient (Wildman–Crippen LogP) is 1.43. The van der Waals surface area contributed by atoms with E-state index in [9.17, 15) is 0 Å². The molecule has 1 unspecified atom stereocenters. The SMILES string of the molecule is Cc1cc(N2CCC(N)CC2(C)C)nn1C. The van der Waals surface area contributed by atoms with E-state index in [1.165, 1.54) is 5.69 Å². The van der Waals surface area contributed by atoms with Crippen molar-refractivity contribution >= 4 is 5.82 Å². The van der Waals surface area contributed by atoms with Gasteiger partial charge in [0.15, 0.2) is 5.82 Å². The maximum atomic E-state index is 6.03. The minimum atomic E-state index is 0.110. The Kier molecular flexibility index (Phi) is 2.70. The van der Waals surface area contributed by atoms with Crippen molar-refractivity contribution in [3.63, 3.8) is 0 Å². The third kappa shape index (κ3) is 1.94. The fraction of sp³-hybridized carbons (Fsp3) is 0.750. The molecule has 4 heteroatoms. The van der Waals surface area contributed by atoms with Crippen LogP contribution in [0, 0.1) is 6.92 Å². The molecule has 1 saturated heterocycles. The van der Waals surface area contributed by atoms with Crippen molar-refractivity contribution in [2.24, 2.45) is 12.8 Å². The lowest BCUT2D eigenvalue weighted by Crippen LogP contribution is -2.53. The minimum absolute atomic E-state index is 0.110.